The fourth-order valence-electron chi connectivity index (χ4n) is 2.00. The summed E-state index contributed by atoms with van der Waals surface area (Å²) in [6.07, 6.45) is 0.421. The second-order valence-corrected chi connectivity index (χ2v) is 4.56. The Hall–Kier alpha value is -1.59. The molecule has 1 aliphatic heterocycles. The number of nitrogens with one attached hydrogen (secondary N) is 1. The van der Waals surface area contributed by atoms with E-state index < -0.39 is 12.2 Å². The minimum absolute atomic E-state index is 0.151. The zero-order valence-electron chi connectivity index (χ0n) is 10.7. The molecular weight excluding hydrogens is 246 g/mol. The van der Waals surface area contributed by atoms with E-state index in [0.717, 1.165) is 18.4 Å². The van der Waals surface area contributed by atoms with Crippen LogP contribution in [0.25, 0.3) is 0 Å². The third kappa shape index (κ3) is 4.54. The van der Waals surface area contributed by atoms with Gasteiger partial charge >= 0.3 is 6.09 Å². The Labute approximate surface area is 112 Å². The molecule has 1 fully saturated rings. The summed E-state index contributed by atoms with van der Waals surface area (Å²) in [4.78, 5) is 11.5. The van der Waals surface area contributed by atoms with Gasteiger partial charge in [-0.05, 0) is 18.4 Å². The van der Waals surface area contributed by atoms with Gasteiger partial charge in [0, 0.05) is 13.2 Å². The highest BCUT2D eigenvalue weighted by Crippen LogP contribution is 2.15. The highest BCUT2D eigenvalue weighted by Gasteiger charge is 2.24. The van der Waals surface area contributed by atoms with Crippen LogP contribution in [0.2, 0.25) is 0 Å². The monoisotopic (exact) mass is 265 g/mol. The number of hydrogen-bond acceptors (Lipinski definition) is 4. The lowest BCUT2D eigenvalue weighted by Crippen LogP contribution is -2.38. The van der Waals surface area contributed by atoms with Gasteiger partial charge in [-0.2, -0.15) is 0 Å². The molecular formula is C14H19NO4. The zero-order chi connectivity index (χ0) is 13.5. The number of amides is 1. The molecule has 1 amide bonds. The molecule has 5 nitrogen and oxygen atoms in total. The van der Waals surface area contributed by atoms with E-state index in [9.17, 15) is 9.90 Å². The summed E-state index contributed by atoms with van der Waals surface area (Å²) in [6.45, 7) is 1.06. The fraction of sp³-hybridized carbons (Fsp3) is 0.500. The molecule has 104 valence electrons. The van der Waals surface area contributed by atoms with Crippen molar-refractivity contribution >= 4 is 6.09 Å². The van der Waals surface area contributed by atoms with E-state index in [1.807, 2.05) is 30.3 Å². The first-order valence-electron chi connectivity index (χ1n) is 6.50. The summed E-state index contributed by atoms with van der Waals surface area (Å²) >= 11 is 0. The van der Waals surface area contributed by atoms with Gasteiger partial charge in [0.05, 0.1) is 12.2 Å². The van der Waals surface area contributed by atoms with Gasteiger partial charge < -0.3 is 19.9 Å². The van der Waals surface area contributed by atoms with E-state index in [-0.39, 0.29) is 19.3 Å². The molecule has 1 saturated heterocycles. The smallest absolute Gasteiger partial charge is 0.407 e. The molecule has 0 saturated carbocycles. The van der Waals surface area contributed by atoms with Gasteiger partial charge in [-0.3, -0.25) is 0 Å². The van der Waals surface area contributed by atoms with E-state index in [4.69, 9.17) is 9.47 Å². The molecule has 2 rings (SSSR count). The van der Waals surface area contributed by atoms with Crippen molar-refractivity contribution < 1.29 is 19.4 Å². The third-order valence-corrected chi connectivity index (χ3v) is 3.06. The highest BCUT2D eigenvalue weighted by molar-refractivity contribution is 5.67. The first kappa shape index (κ1) is 13.8. The van der Waals surface area contributed by atoms with Gasteiger partial charge in [-0.15, -0.1) is 0 Å². The normalized spacial score (nSPS) is 19.9. The molecule has 1 aliphatic rings. The summed E-state index contributed by atoms with van der Waals surface area (Å²) < 4.78 is 10.4. The first-order valence-corrected chi connectivity index (χ1v) is 6.50. The summed E-state index contributed by atoms with van der Waals surface area (Å²) in [5, 5.41) is 12.3. The van der Waals surface area contributed by atoms with E-state index in [1.165, 1.54) is 0 Å². The molecule has 0 spiro atoms. The van der Waals surface area contributed by atoms with Crippen LogP contribution in [0.1, 0.15) is 18.4 Å². The molecule has 0 unspecified atom stereocenters. The minimum Gasteiger partial charge on any atom is -0.445 e. The molecule has 0 bridgehead atoms. The van der Waals surface area contributed by atoms with Gasteiger partial charge in [-0.25, -0.2) is 4.79 Å². The Kier molecular flexibility index (Phi) is 5.18. The van der Waals surface area contributed by atoms with Crippen LogP contribution in [-0.2, 0) is 16.1 Å². The molecule has 0 aliphatic carbocycles. The molecule has 1 aromatic rings. The Morgan fingerprint density at radius 3 is 2.95 bits per heavy atom. The van der Waals surface area contributed by atoms with Gasteiger partial charge in [-0.1, -0.05) is 30.3 Å². The molecule has 19 heavy (non-hydrogen) atoms. The van der Waals surface area contributed by atoms with Crippen molar-refractivity contribution in [3.8, 4) is 0 Å². The summed E-state index contributed by atoms with van der Waals surface area (Å²) in [5.74, 6) is 0. The fourth-order valence-corrected chi connectivity index (χ4v) is 2.00. The molecule has 0 aromatic heterocycles. The van der Waals surface area contributed by atoms with Crippen LogP contribution in [0.5, 0.6) is 0 Å². The Morgan fingerprint density at radius 2 is 2.26 bits per heavy atom. The lowest BCUT2D eigenvalue weighted by Gasteiger charge is -2.17. The Morgan fingerprint density at radius 1 is 1.47 bits per heavy atom. The summed E-state index contributed by atoms with van der Waals surface area (Å²) in [6, 6.07) is 9.44. The predicted molar refractivity (Wildman–Crippen MR) is 69.6 cm³/mol. The van der Waals surface area contributed by atoms with Gasteiger partial charge in [0.15, 0.2) is 0 Å². The van der Waals surface area contributed by atoms with Crippen molar-refractivity contribution in [2.75, 3.05) is 13.2 Å². The number of carbonyl (C=O) groups excluding carboxylic acids is 1. The SMILES string of the molecule is O=C(NC[C@@H](O)[C@@H]1CCCO1)OCc1ccccc1. The second-order valence-electron chi connectivity index (χ2n) is 4.56. The Balaban J connectivity index is 1.64. The first-order chi connectivity index (χ1) is 9.25. The predicted octanol–water partition coefficient (Wildman–Crippen LogP) is 1.45. The van der Waals surface area contributed by atoms with Crippen molar-refractivity contribution in [1.29, 1.82) is 0 Å². The Bertz CT molecular complexity index is 390. The number of hydrogen-bond donors (Lipinski definition) is 2. The lowest BCUT2D eigenvalue weighted by molar-refractivity contribution is -0.000693. The third-order valence-electron chi connectivity index (χ3n) is 3.06. The van der Waals surface area contributed by atoms with E-state index in [1.54, 1.807) is 0 Å². The molecule has 0 radical (unpaired) electrons. The molecule has 5 heteroatoms. The number of ether oxygens (including phenoxy) is 2. The van der Waals surface area contributed by atoms with Crippen LogP contribution in [0, 0.1) is 0 Å². The van der Waals surface area contributed by atoms with Gasteiger partial charge in [0.2, 0.25) is 0 Å². The van der Waals surface area contributed by atoms with Crippen molar-refractivity contribution in [2.45, 2.75) is 31.7 Å². The quantitative estimate of drug-likeness (QED) is 0.845. The van der Waals surface area contributed by atoms with Crippen LogP contribution < -0.4 is 5.32 Å². The van der Waals surface area contributed by atoms with E-state index in [0.29, 0.717) is 6.61 Å². The maximum Gasteiger partial charge on any atom is 0.407 e. The van der Waals surface area contributed by atoms with E-state index in [2.05, 4.69) is 5.32 Å². The average molecular weight is 265 g/mol. The molecule has 1 aromatic carbocycles. The van der Waals surface area contributed by atoms with Crippen LogP contribution in [-0.4, -0.2) is 36.6 Å². The number of rotatable bonds is 5. The maximum absolute atomic E-state index is 11.5. The highest BCUT2D eigenvalue weighted by atomic mass is 16.5. The van der Waals surface area contributed by atoms with E-state index >= 15 is 0 Å². The van der Waals surface area contributed by atoms with Crippen molar-refractivity contribution in [1.82, 2.24) is 5.32 Å². The van der Waals surface area contributed by atoms with Gasteiger partial charge in [0.1, 0.15) is 6.61 Å². The standard InChI is InChI=1S/C14H19NO4/c16-12(13-7-4-8-18-13)9-15-14(17)19-10-11-5-2-1-3-6-11/h1-3,5-6,12-13,16H,4,7-10H2,(H,15,17)/t12-,13+/m1/s1. The van der Waals surface area contributed by atoms with Crippen LogP contribution in [0.4, 0.5) is 4.79 Å². The number of aliphatic hydroxyl groups is 1. The minimum atomic E-state index is -0.674. The molecule has 2 N–H and O–H groups in total. The average Bonchev–Trinajstić information content (AvgIpc) is 2.98. The number of alkyl carbamates (subject to hydrolysis) is 1. The number of aliphatic hydroxyl groups excluding tert-OH is 1. The van der Waals surface area contributed by atoms with Crippen LogP contribution >= 0.6 is 0 Å². The molecule has 1 heterocycles. The number of benzene rings is 1. The van der Waals surface area contributed by atoms with Crippen molar-refractivity contribution in [3.05, 3.63) is 35.9 Å². The second kappa shape index (κ2) is 7.11. The van der Waals surface area contributed by atoms with Crippen LogP contribution in [0.15, 0.2) is 30.3 Å². The maximum atomic E-state index is 11.5. The summed E-state index contributed by atoms with van der Waals surface area (Å²) in [5.41, 5.74) is 0.928. The summed E-state index contributed by atoms with van der Waals surface area (Å²) in [7, 11) is 0. The lowest BCUT2D eigenvalue weighted by atomic mass is 10.1. The zero-order valence-corrected chi connectivity index (χ0v) is 10.7. The topological polar surface area (TPSA) is 67.8 Å². The number of carbonyl (C=O) groups is 1. The van der Waals surface area contributed by atoms with Crippen molar-refractivity contribution in [3.63, 3.8) is 0 Å². The molecule has 2 atom stereocenters. The largest absolute Gasteiger partial charge is 0.445 e. The van der Waals surface area contributed by atoms with Crippen molar-refractivity contribution in [2.24, 2.45) is 0 Å². The van der Waals surface area contributed by atoms with Crippen LogP contribution in [0.3, 0.4) is 0 Å². The van der Waals surface area contributed by atoms with Gasteiger partial charge in [0.25, 0.3) is 0 Å².